The molecule has 0 aromatic heterocycles. The molecule has 0 bridgehead atoms. The van der Waals surface area contributed by atoms with Crippen LogP contribution < -0.4 is 15.8 Å². The van der Waals surface area contributed by atoms with Gasteiger partial charge in [0.15, 0.2) is 0 Å². The summed E-state index contributed by atoms with van der Waals surface area (Å²) in [6.07, 6.45) is 0. The van der Waals surface area contributed by atoms with Crippen LogP contribution >= 0.6 is 24.0 Å². The Labute approximate surface area is 112 Å². The van der Waals surface area contributed by atoms with E-state index in [4.69, 9.17) is 22.1 Å². The summed E-state index contributed by atoms with van der Waals surface area (Å²) >= 11 is 5.72. The molecule has 17 heavy (non-hydrogen) atoms. The largest absolute Gasteiger partial charge is 0.492 e. The summed E-state index contributed by atoms with van der Waals surface area (Å²) in [4.78, 5) is 11.1. The molecule has 0 fully saturated rings. The molecular formula is C11H16Cl2N2O2. The van der Waals surface area contributed by atoms with Gasteiger partial charge in [-0.25, -0.2) is 0 Å². The van der Waals surface area contributed by atoms with Crippen LogP contribution in [0.25, 0.3) is 0 Å². The molecule has 0 aliphatic heterocycles. The molecule has 3 N–H and O–H groups in total. The van der Waals surface area contributed by atoms with Crippen LogP contribution in [0.1, 0.15) is 6.92 Å². The van der Waals surface area contributed by atoms with Crippen LogP contribution in [-0.4, -0.2) is 25.1 Å². The van der Waals surface area contributed by atoms with Gasteiger partial charge in [0, 0.05) is 5.02 Å². The van der Waals surface area contributed by atoms with Crippen molar-refractivity contribution >= 4 is 29.9 Å². The minimum absolute atomic E-state index is 0. The Morgan fingerprint density at radius 1 is 1.47 bits per heavy atom. The zero-order valence-corrected chi connectivity index (χ0v) is 11.1. The molecule has 1 atom stereocenters. The van der Waals surface area contributed by atoms with Crippen molar-refractivity contribution in [1.29, 1.82) is 0 Å². The molecule has 0 aliphatic carbocycles. The van der Waals surface area contributed by atoms with E-state index in [9.17, 15) is 4.79 Å². The molecule has 6 heteroatoms. The standard InChI is InChI=1S/C11H15ClN2O2.ClH/c1-8(13)11(15)14-6-7-16-10-4-2-9(12)3-5-10;/h2-5,8H,6-7,13H2,1H3,(H,14,15);1H. The van der Waals surface area contributed by atoms with Crippen LogP contribution in [0.15, 0.2) is 24.3 Å². The van der Waals surface area contributed by atoms with Gasteiger partial charge in [-0.1, -0.05) is 11.6 Å². The summed E-state index contributed by atoms with van der Waals surface area (Å²) in [5, 5.41) is 3.31. The number of halogens is 2. The Morgan fingerprint density at radius 3 is 2.59 bits per heavy atom. The third kappa shape index (κ3) is 6.36. The monoisotopic (exact) mass is 278 g/mol. The lowest BCUT2D eigenvalue weighted by molar-refractivity contribution is -0.122. The third-order valence-electron chi connectivity index (χ3n) is 1.90. The van der Waals surface area contributed by atoms with Gasteiger partial charge in [-0.3, -0.25) is 4.79 Å². The molecule has 0 spiro atoms. The molecule has 1 rings (SSSR count). The summed E-state index contributed by atoms with van der Waals surface area (Å²) in [6.45, 7) is 2.47. The van der Waals surface area contributed by atoms with E-state index in [1.165, 1.54) is 0 Å². The summed E-state index contributed by atoms with van der Waals surface area (Å²) in [5.41, 5.74) is 5.38. The van der Waals surface area contributed by atoms with E-state index in [1.54, 1.807) is 31.2 Å². The van der Waals surface area contributed by atoms with Gasteiger partial charge in [0.05, 0.1) is 12.6 Å². The number of amides is 1. The van der Waals surface area contributed by atoms with Crippen LogP contribution in [0.5, 0.6) is 5.75 Å². The van der Waals surface area contributed by atoms with Crippen molar-refractivity contribution in [1.82, 2.24) is 5.32 Å². The van der Waals surface area contributed by atoms with Crippen molar-refractivity contribution < 1.29 is 9.53 Å². The summed E-state index contributed by atoms with van der Waals surface area (Å²) in [6, 6.07) is 6.55. The van der Waals surface area contributed by atoms with E-state index in [-0.39, 0.29) is 18.3 Å². The molecule has 0 heterocycles. The number of hydrogen-bond acceptors (Lipinski definition) is 3. The molecule has 1 amide bonds. The summed E-state index contributed by atoms with van der Waals surface area (Å²) < 4.78 is 5.38. The average Bonchev–Trinajstić information content (AvgIpc) is 2.26. The number of hydrogen-bond donors (Lipinski definition) is 2. The number of rotatable bonds is 5. The first-order valence-electron chi connectivity index (χ1n) is 5.01. The summed E-state index contributed by atoms with van der Waals surface area (Å²) in [5.74, 6) is 0.541. The second-order valence-corrected chi connectivity index (χ2v) is 3.82. The van der Waals surface area contributed by atoms with Crippen molar-refractivity contribution in [3.05, 3.63) is 29.3 Å². The van der Waals surface area contributed by atoms with Gasteiger partial charge in [0.1, 0.15) is 12.4 Å². The number of benzene rings is 1. The van der Waals surface area contributed by atoms with Gasteiger partial charge < -0.3 is 15.8 Å². The zero-order valence-electron chi connectivity index (χ0n) is 9.48. The van der Waals surface area contributed by atoms with E-state index in [1.807, 2.05) is 0 Å². The molecule has 0 aliphatic rings. The SMILES string of the molecule is CC(N)C(=O)NCCOc1ccc(Cl)cc1.Cl. The van der Waals surface area contributed by atoms with Crippen LogP contribution in [0.3, 0.4) is 0 Å². The number of ether oxygens (including phenoxy) is 1. The number of carbonyl (C=O) groups excluding carboxylic acids is 1. The van der Waals surface area contributed by atoms with Crippen molar-refractivity contribution in [2.45, 2.75) is 13.0 Å². The Morgan fingerprint density at radius 2 is 2.06 bits per heavy atom. The van der Waals surface area contributed by atoms with E-state index < -0.39 is 6.04 Å². The van der Waals surface area contributed by atoms with Gasteiger partial charge in [-0.15, -0.1) is 12.4 Å². The molecule has 1 aromatic rings. The van der Waals surface area contributed by atoms with Crippen molar-refractivity contribution in [2.75, 3.05) is 13.2 Å². The molecule has 4 nitrogen and oxygen atoms in total. The van der Waals surface area contributed by atoms with Crippen molar-refractivity contribution in [3.63, 3.8) is 0 Å². The maximum absolute atomic E-state index is 11.1. The minimum atomic E-state index is -0.490. The number of carbonyl (C=O) groups is 1. The van der Waals surface area contributed by atoms with Crippen molar-refractivity contribution in [3.8, 4) is 5.75 Å². The smallest absolute Gasteiger partial charge is 0.236 e. The Bertz CT molecular complexity index is 342. The minimum Gasteiger partial charge on any atom is -0.492 e. The van der Waals surface area contributed by atoms with Gasteiger partial charge in [0.2, 0.25) is 5.91 Å². The summed E-state index contributed by atoms with van der Waals surface area (Å²) in [7, 11) is 0. The van der Waals surface area contributed by atoms with E-state index >= 15 is 0 Å². The van der Waals surface area contributed by atoms with Crippen molar-refractivity contribution in [2.24, 2.45) is 5.73 Å². The van der Waals surface area contributed by atoms with Gasteiger partial charge in [0.25, 0.3) is 0 Å². The van der Waals surface area contributed by atoms with Gasteiger partial charge in [-0.2, -0.15) is 0 Å². The molecule has 96 valence electrons. The third-order valence-corrected chi connectivity index (χ3v) is 2.15. The first-order valence-corrected chi connectivity index (χ1v) is 5.39. The Kier molecular flexibility index (Phi) is 7.70. The van der Waals surface area contributed by atoms with Crippen LogP contribution in [0.2, 0.25) is 5.02 Å². The lowest BCUT2D eigenvalue weighted by Gasteiger charge is -2.09. The molecule has 1 aromatic carbocycles. The van der Waals surface area contributed by atoms with Crippen LogP contribution in [-0.2, 0) is 4.79 Å². The highest BCUT2D eigenvalue weighted by Crippen LogP contribution is 2.14. The highest BCUT2D eigenvalue weighted by molar-refractivity contribution is 6.30. The zero-order chi connectivity index (χ0) is 12.0. The fourth-order valence-electron chi connectivity index (χ4n) is 1.03. The number of nitrogens with two attached hydrogens (primary N) is 1. The topological polar surface area (TPSA) is 64.4 Å². The fraction of sp³-hybridized carbons (Fsp3) is 0.364. The van der Waals surface area contributed by atoms with Crippen LogP contribution in [0, 0.1) is 0 Å². The first-order chi connectivity index (χ1) is 7.59. The first kappa shape index (κ1) is 16.0. The predicted molar refractivity (Wildman–Crippen MR) is 70.9 cm³/mol. The molecule has 1 unspecified atom stereocenters. The number of nitrogens with one attached hydrogen (secondary N) is 1. The highest BCUT2D eigenvalue weighted by Gasteiger charge is 2.05. The molecule has 0 saturated heterocycles. The average molecular weight is 279 g/mol. The maximum Gasteiger partial charge on any atom is 0.236 e. The fourth-order valence-corrected chi connectivity index (χ4v) is 1.16. The van der Waals surface area contributed by atoms with E-state index in [2.05, 4.69) is 5.32 Å². The molecule has 0 radical (unpaired) electrons. The lowest BCUT2D eigenvalue weighted by Crippen LogP contribution is -2.40. The maximum atomic E-state index is 11.1. The normalized spacial score (nSPS) is 11.2. The van der Waals surface area contributed by atoms with Gasteiger partial charge >= 0.3 is 0 Å². The second-order valence-electron chi connectivity index (χ2n) is 3.38. The van der Waals surface area contributed by atoms with E-state index in [0.717, 1.165) is 5.75 Å². The Balaban J connectivity index is 0.00000256. The quantitative estimate of drug-likeness (QED) is 0.805. The predicted octanol–water partition coefficient (Wildman–Crippen LogP) is 1.60. The lowest BCUT2D eigenvalue weighted by atomic mass is 10.3. The van der Waals surface area contributed by atoms with Crippen LogP contribution in [0.4, 0.5) is 0 Å². The van der Waals surface area contributed by atoms with E-state index in [0.29, 0.717) is 18.2 Å². The highest BCUT2D eigenvalue weighted by atomic mass is 35.5. The molecule has 0 saturated carbocycles. The Hall–Kier alpha value is -0.970. The molecular weight excluding hydrogens is 263 g/mol. The van der Waals surface area contributed by atoms with Gasteiger partial charge in [-0.05, 0) is 31.2 Å². The second kappa shape index (κ2) is 8.17.